The fourth-order valence-electron chi connectivity index (χ4n) is 2.34. The van der Waals surface area contributed by atoms with Crippen molar-refractivity contribution in [3.05, 3.63) is 32.7 Å². The minimum atomic E-state index is -1.42. The van der Waals surface area contributed by atoms with E-state index in [2.05, 4.69) is 46.7 Å². The lowest BCUT2D eigenvalue weighted by molar-refractivity contribution is -0.161. The normalized spacial score (nSPS) is 12.8. The molecule has 2 atom stereocenters. The zero-order chi connectivity index (χ0) is 20.0. The molecule has 0 bridgehead atoms. The standard InChI is InChI=1S/C16H18Br2N2O6/c1-7(11(15(23)25-2)16(24)26-3)12(13(19)21)20-14(22)8-4-9(17)6-10(18)5-8/h4-7,11-12H,1-3H3,(H2,19,21)(H,20,22)/t7-,12-/m1/s1. The minimum absolute atomic E-state index is 0.248. The van der Waals surface area contributed by atoms with Gasteiger partial charge in [-0.15, -0.1) is 0 Å². The number of benzene rings is 1. The van der Waals surface area contributed by atoms with Gasteiger partial charge in [0.25, 0.3) is 5.91 Å². The molecule has 0 aliphatic carbocycles. The molecule has 0 heterocycles. The summed E-state index contributed by atoms with van der Waals surface area (Å²) in [7, 11) is 2.20. The molecule has 0 aliphatic heterocycles. The Bertz CT molecular complexity index is 688. The number of halogens is 2. The van der Waals surface area contributed by atoms with Crippen LogP contribution in [-0.2, 0) is 23.9 Å². The van der Waals surface area contributed by atoms with E-state index in [1.165, 1.54) is 6.92 Å². The van der Waals surface area contributed by atoms with Gasteiger partial charge in [-0.2, -0.15) is 0 Å². The van der Waals surface area contributed by atoms with Crippen molar-refractivity contribution in [3.63, 3.8) is 0 Å². The molecule has 10 heteroatoms. The summed E-state index contributed by atoms with van der Waals surface area (Å²) in [5, 5.41) is 2.45. The Labute approximate surface area is 167 Å². The highest BCUT2D eigenvalue weighted by atomic mass is 79.9. The zero-order valence-electron chi connectivity index (χ0n) is 14.2. The predicted molar refractivity (Wildman–Crippen MR) is 99.0 cm³/mol. The molecule has 0 radical (unpaired) electrons. The number of nitrogens with one attached hydrogen (secondary N) is 1. The maximum Gasteiger partial charge on any atom is 0.320 e. The molecule has 1 aromatic rings. The number of methoxy groups -OCH3 is 2. The molecule has 0 unspecified atom stereocenters. The molecule has 1 rings (SSSR count). The number of rotatable bonds is 7. The number of hydrogen-bond donors (Lipinski definition) is 2. The molecule has 0 aliphatic rings. The van der Waals surface area contributed by atoms with Crippen molar-refractivity contribution in [3.8, 4) is 0 Å². The number of primary amides is 1. The van der Waals surface area contributed by atoms with Gasteiger partial charge in [-0.3, -0.25) is 19.2 Å². The van der Waals surface area contributed by atoms with Crippen LogP contribution in [0.25, 0.3) is 0 Å². The summed E-state index contributed by atoms with van der Waals surface area (Å²) in [4.78, 5) is 48.2. The summed E-state index contributed by atoms with van der Waals surface area (Å²) in [6.07, 6.45) is 0. The quantitative estimate of drug-likeness (QED) is 0.436. The van der Waals surface area contributed by atoms with E-state index in [-0.39, 0.29) is 5.56 Å². The van der Waals surface area contributed by atoms with E-state index in [4.69, 9.17) is 5.73 Å². The molecule has 1 aromatic carbocycles. The highest BCUT2D eigenvalue weighted by molar-refractivity contribution is 9.11. The first-order valence-electron chi connectivity index (χ1n) is 7.34. The van der Waals surface area contributed by atoms with E-state index in [9.17, 15) is 19.2 Å². The Morgan fingerprint density at radius 2 is 1.46 bits per heavy atom. The third-order valence-corrected chi connectivity index (χ3v) is 4.60. The monoisotopic (exact) mass is 492 g/mol. The van der Waals surface area contributed by atoms with Crippen LogP contribution in [0.3, 0.4) is 0 Å². The molecule has 3 N–H and O–H groups in total. The lowest BCUT2D eigenvalue weighted by atomic mass is 9.86. The second-order valence-electron chi connectivity index (χ2n) is 5.39. The fourth-order valence-corrected chi connectivity index (χ4v) is 3.64. The zero-order valence-corrected chi connectivity index (χ0v) is 17.4. The van der Waals surface area contributed by atoms with Crippen LogP contribution >= 0.6 is 31.9 Å². The molecule has 0 saturated heterocycles. The van der Waals surface area contributed by atoms with Gasteiger partial charge in [0.1, 0.15) is 6.04 Å². The summed E-state index contributed by atoms with van der Waals surface area (Å²) >= 11 is 6.52. The Morgan fingerprint density at radius 1 is 1.00 bits per heavy atom. The smallest absolute Gasteiger partial charge is 0.320 e. The Balaban J connectivity index is 3.13. The third kappa shape index (κ3) is 5.53. The summed E-state index contributed by atoms with van der Waals surface area (Å²) < 4.78 is 10.5. The number of amides is 2. The van der Waals surface area contributed by atoms with Crippen LogP contribution in [-0.4, -0.2) is 44.0 Å². The van der Waals surface area contributed by atoms with E-state index in [1.807, 2.05) is 0 Å². The van der Waals surface area contributed by atoms with Gasteiger partial charge < -0.3 is 20.5 Å². The minimum Gasteiger partial charge on any atom is -0.468 e. The average molecular weight is 494 g/mol. The fraction of sp³-hybridized carbons (Fsp3) is 0.375. The predicted octanol–water partition coefficient (Wildman–Crippen LogP) is 1.39. The van der Waals surface area contributed by atoms with E-state index in [0.29, 0.717) is 8.95 Å². The van der Waals surface area contributed by atoms with Crippen molar-refractivity contribution < 1.29 is 28.7 Å². The van der Waals surface area contributed by atoms with Crippen LogP contribution < -0.4 is 11.1 Å². The van der Waals surface area contributed by atoms with Gasteiger partial charge in [0.05, 0.1) is 14.2 Å². The highest BCUT2D eigenvalue weighted by Crippen LogP contribution is 2.22. The first kappa shape index (κ1) is 22.1. The Kier molecular flexibility index (Phi) is 8.22. The number of carbonyl (C=O) groups excluding carboxylic acids is 4. The second kappa shape index (κ2) is 9.67. The molecular weight excluding hydrogens is 476 g/mol. The SMILES string of the molecule is COC(=O)C(C(=O)OC)[C@@H](C)[C@@H](NC(=O)c1cc(Br)cc(Br)c1)C(N)=O. The van der Waals surface area contributed by atoms with Crippen molar-refractivity contribution >= 4 is 55.6 Å². The van der Waals surface area contributed by atoms with E-state index < -0.39 is 41.6 Å². The number of ether oxygens (including phenoxy) is 2. The number of esters is 2. The summed E-state index contributed by atoms with van der Waals surface area (Å²) in [5.74, 6) is -5.71. The molecule has 2 amide bonds. The van der Waals surface area contributed by atoms with Gasteiger partial charge in [0, 0.05) is 20.4 Å². The molecule has 0 fully saturated rings. The number of hydrogen-bond acceptors (Lipinski definition) is 6. The lowest BCUT2D eigenvalue weighted by Gasteiger charge is -2.26. The van der Waals surface area contributed by atoms with E-state index in [1.54, 1.807) is 18.2 Å². The van der Waals surface area contributed by atoms with Crippen molar-refractivity contribution in [1.29, 1.82) is 0 Å². The van der Waals surface area contributed by atoms with Gasteiger partial charge in [-0.25, -0.2) is 0 Å². The van der Waals surface area contributed by atoms with Gasteiger partial charge in [-0.1, -0.05) is 38.8 Å². The molecule has 0 spiro atoms. The van der Waals surface area contributed by atoms with Crippen molar-refractivity contribution in [1.82, 2.24) is 5.32 Å². The van der Waals surface area contributed by atoms with Crippen LogP contribution in [0.1, 0.15) is 17.3 Å². The number of nitrogens with two attached hydrogens (primary N) is 1. The molecule has 26 heavy (non-hydrogen) atoms. The van der Waals surface area contributed by atoms with Gasteiger partial charge in [-0.05, 0) is 18.2 Å². The third-order valence-electron chi connectivity index (χ3n) is 3.68. The largest absolute Gasteiger partial charge is 0.468 e. The van der Waals surface area contributed by atoms with Crippen LogP contribution in [0.2, 0.25) is 0 Å². The van der Waals surface area contributed by atoms with Crippen LogP contribution in [0.5, 0.6) is 0 Å². The van der Waals surface area contributed by atoms with Crippen LogP contribution in [0.15, 0.2) is 27.1 Å². The topological polar surface area (TPSA) is 125 Å². The van der Waals surface area contributed by atoms with Crippen molar-refractivity contribution in [2.75, 3.05) is 14.2 Å². The summed E-state index contributed by atoms with van der Waals surface area (Å²) in [6, 6.07) is 3.51. The van der Waals surface area contributed by atoms with Gasteiger partial charge >= 0.3 is 11.9 Å². The van der Waals surface area contributed by atoms with Crippen molar-refractivity contribution in [2.45, 2.75) is 13.0 Å². The molecule has 8 nitrogen and oxygen atoms in total. The molecular formula is C16H18Br2N2O6. The molecule has 0 aromatic heterocycles. The van der Waals surface area contributed by atoms with Crippen LogP contribution in [0, 0.1) is 11.8 Å². The highest BCUT2D eigenvalue weighted by Gasteiger charge is 2.41. The average Bonchev–Trinajstić information content (AvgIpc) is 2.57. The number of carbonyl (C=O) groups is 4. The first-order valence-corrected chi connectivity index (χ1v) is 8.92. The van der Waals surface area contributed by atoms with Crippen LogP contribution in [0.4, 0.5) is 0 Å². The molecule has 0 saturated carbocycles. The maximum atomic E-state index is 12.5. The van der Waals surface area contributed by atoms with E-state index >= 15 is 0 Å². The summed E-state index contributed by atoms with van der Waals surface area (Å²) in [5.41, 5.74) is 5.62. The van der Waals surface area contributed by atoms with Crippen molar-refractivity contribution in [2.24, 2.45) is 17.6 Å². The maximum absolute atomic E-state index is 12.5. The lowest BCUT2D eigenvalue weighted by Crippen LogP contribution is -2.52. The van der Waals surface area contributed by atoms with Gasteiger partial charge in [0.2, 0.25) is 5.91 Å². The van der Waals surface area contributed by atoms with E-state index in [0.717, 1.165) is 14.2 Å². The molecule has 142 valence electrons. The first-order chi connectivity index (χ1) is 12.1. The van der Waals surface area contributed by atoms with Gasteiger partial charge in [0.15, 0.2) is 5.92 Å². The second-order valence-corrected chi connectivity index (χ2v) is 7.23. The Morgan fingerprint density at radius 3 is 1.85 bits per heavy atom. The summed E-state index contributed by atoms with van der Waals surface area (Å²) in [6.45, 7) is 1.42. The Hall–Kier alpha value is -1.94.